The maximum Gasteiger partial charge on any atom is 0.345 e. The first-order chi connectivity index (χ1) is 19.9. The number of benzene rings is 4. The van der Waals surface area contributed by atoms with Gasteiger partial charge in [0.25, 0.3) is 0 Å². The van der Waals surface area contributed by atoms with Crippen molar-refractivity contribution in [3.05, 3.63) is 107 Å². The maximum absolute atomic E-state index is 13.7. The molecular formula is C36H32O4S2. The Labute approximate surface area is 255 Å². The van der Waals surface area contributed by atoms with Gasteiger partial charge in [0.05, 0.1) is 11.1 Å². The Morgan fingerprint density at radius 2 is 0.857 bits per heavy atom. The number of esters is 2. The average molecular weight is 593 g/mol. The molecule has 0 aromatic heterocycles. The van der Waals surface area contributed by atoms with Crippen LogP contribution in [0.2, 0.25) is 0 Å². The lowest BCUT2D eigenvalue weighted by atomic mass is 9.83. The van der Waals surface area contributed by atoms with E-state index in [9.17, 15) is 9.59 Å². The monoisotopic (exact) mass is 592 g/mol. The van der Waals surface area contributed by atoms with Gasteiger partial charge in [0.2, 0.25) is 0 Å². The fourth-order valence-electron chi connectivity index (χ4n) is 5.26. The largest absolute Gasteiger partial charge is 0.422 e. The van der Waals surface area contributed by atoms with Crippen molar-refractivity contribution in [3.8, 4) is 11.5 Å². The lowest BCUT2D eigenvalue weighted by molar-refractivity contribution is -0.129. The van der Waals surface area contributed by atoms with Crippen LogP contribution < -0.4 is 9.47 Å². The van der Waals surface area contributed by atoms with Crippen molar-refractivity contribution in [2.24, 2.45) is 0 Å². The summed E-state index contributed by atoms with van der Waals surface area (Å²) in [5.41, 5.74) is 3.01. The van der Waals surface area contributed by atoms with Crippen LogP contribution >= 0.6 is 23.5 Å². The Hall–Kier alpha value is -3.74. The quantitative estimate of drug-likeness (QED) is 0.134. The van der Waals surface area contributed by atoms with E-state index >= 15 is 0 Å². The van der Waals surface area contributed by atoms with Crippen molar-refractivity contribution in [2.75, 3.05) is 0 Å². The molecule has 0 aliphatic carbocycles. The summed E-state index contributed by atoms with van der Waals surface area (Å²) in [6, 6.07) is 28.3. The molecule has 0 atom stereocenters. The van der Waals surface area contributed by atoms with E-state index in [0.717, 1.165) is 30.7 Å². The molecule has 0 saturated heterocycles. The standard InChI is InChI=1S/C36H32O4S2/c1-35(2,3)27-19-23(41-21-13-9-7-10-14-21)17-25-29(33(37)39-31(25)27)30-26-18-24(42-22-15-11-8-12-16-22)20-28(36(4,5)6)32(26)40-34(30)38/h7-20H,1-6H3/b30-29+. The normalized spacial score (nSPS) is 16.2. The minimum absolute atomic E-state index is 0.261. The number of fused-ring (bicyclic) bond motifs is 2. The average Bonchev–Trinajstić information content (AvgIpc) is 3.42. The smallest absolute Gasteiger partial charge is 0.345 e. The van der Waals surface area contributed by atoms with Crippen molar-refractivity contribution in [1.82, 2.24) is 0 Å². The topological polar surface area (TPSA) is 52.6 Å². The Morgan fingerprint density at radius 1 is 0.500 bits per heavy atom. The van der Waals surface area contributed by atoms with Crippen LogP contribution in [0.4, 0.5) is 0 Å². The number of hydrogen-bond acceptors (Lipinski definition) is 6. The van der Waals surface area contributed by atoms with Gasteiger partial charge in [-0.2, -0.15) is 0 Å². The van der Waals surface area contributed by atoms with Gasteiger partial charge < -0.3 is 9.47 Å². The second-order valence-electron chi connectivity index (χ2n) is 12.6. The van der Waals surface area contributed by atoms with Crippen LogP contribution in [-0.2, 0) is 20.4 Å². The summed E-state index contributed by atoms with van der Waals surface area (Å²) in [5, 5.41) is 0. The van der Waals surface area contributed by atoms with Gasteiger partial charge in [-0.15, -0.1) is 0 Å². The summed E-state index contributed by atoms with van der Waals surface area (Å²) in [6.07, 6.45) is 0. The van der Waals surface area contributed by atoms with Crippen LogP contribution in [0, 0.1) is 0 Å². The lowest BCUT2D eigenvalue weighted by Gasteiger charge is -2.22. The second kappa shape index (κ2) is 10.5. The number of rotatable bonds is 4. The van der Waals surface area contributed by atoms with Crippen molar-refractivity contribution in [1.29, 1.82) is 0 Å². The molecule has 0 unspecified atom stereocenters. The molecule has 212 valence electrons. The molecule has 0 spiro atoms. The molecule has 0 amide bonds. The van der Waals surface area contributed by atoms with E-state index in [4.69, 9.17) is 9.47 Å². The summed E-state index contributed by atoms with van der Waals surface area (Å²) in [6.45, 7) is 12.6. The zero-order valence-electron chi connectivity index (χ0n) is 24.5. The van der Waals surface area contributed by atoms with Crippen LogP contribution in [0.15, 0.2) is 105 Å². The molecule has 42 heavy (non-hydrogen) atoms. The molecule has 6 rings (SSSR count). The molecular weight excluding hydrogens is 561 g/mol. The summed E-state index contributed by atoms with van der Waals surface area (Å²) in [7, 11) is 0. The fourth-order valence-corrected chi connectivity index (χ4v) is 7.10. The first-order valence-electron chi connectivity index (χ1n) is 13.9. The molecule has 0 N–H and O–H groups in total. The van der Waals surface area contributed by atoms with Gasteiger partial charge in [-0.05, 0) is 59.4 Å². The Balaban J connectivity index is 1.58. The van der Waals surface area contributed by atoms with Gasteiger partial charge in [-0.3, -0.25) is 0 Å². The van der Waals surface area contributed by atoms with Crippen LogP contribution in [-0.4, -0.2) is 11.9 Å². The van der Waals surface area contributed by atoms with Gasteiger partial charge in [0.15, 0.2) is 0 Å². The van der Waals surface area contributed by atoms with Crippen molar-refractivity contribution in [3.63, 3.8) is 0 Å². The lowest BCUT2D eigenvalue weighted by Crippen LogP contribution is -2.13. The Bertz CT molecular complexity index is 1630. The summed E-state index contributed by atoms with van der Waals surface area (Å²) in [4.78, 5) is 31.5. The first-order valence-corrected chi connectivity index (χ1v) is 15.6. The Kier molecular flexibility index (Phi) is 7.11. The third-order valence-electron chi connectivity index (χ3n) is 7.29. The van der Waals surface area contributed by atoms with Crippen molar-refractivity contribution < 1.29 is 19.1 Å². The fraction of sp³-hybridized carbons (Fsp3) is 0.222. The molecule has 0 saturated carbocycles. The molecule has 0 bridgehead atoms. The van der Waals surface area contributed by atoms with Gasteiger partial charge in [-0.1, -0.05) is 101 Å². The molecule has 2 aliphatic rings. The van der Waals surface area contributed by atoms with Gasteiger partial charge in [0.1, 0.15) is 11.5 Å². The van der Waals surface area contributed by atoms with Gasteiger partial charge in [0, 0.05) is 41.8 Å². The van der Waals surface area contributed by atoms with Gasteiger partial charge >= 0.3 is 11.9 Å². The molecule has 6 heteroatoms. The highest BCUT2D eigenvalue weighted by Gasteiger charge is 2.42. The van der Waals surface area contributed by atoms with Crippen LogP contribution in [0.5, 0.6) is 11.5 Å². The van der Waals surface area contributed by atoms with E-state index in [2.05, 4.69) is 77.9 Å². The third kappa shape index (κ3) is 5.30. The summed E-state index contributed by atoms with van der Waals surface area (Å²) >= 11 is 3.23. The maximum atomic E-state index is 13.7. The molecule has 2 aliphatic heterocycles. The van der Waals surface area contributed by atoms with Crippen LogP contribution in [0.1, 0.15) is 63.8 Å². The van der Waals surface area contributed by atoms with E-state index in [-0.39, 0.29) is 22.0 Å². The molecule has 2 heterocycles. The van der Waals surface area contributed by atoms with Crippen molar-refractivity contribution >= 4 is 46.6 Å². The van der Waals surface area contributed by atoms with Crippen molar-refractivity contribution in [2.45, 2.75) is 72.0 Å². The summed E-state index contributed by atoms with van der Waals surface area (Å²) in [5.74, 6) is -0.0368. The van der Waals surface area contributed by atoms with E-state index in [1.807, 2.05) is 48.5 Å². The highest BCUT2D eigenvalue weighted by atomic mass is 32.2. The minimum atomic E-state index is -0.532. The number of carbonyl (C=O) groups excluding carboxylic acids is 2. The number of hydrogen-bond donors (Lipinski definition) is 0. The van der Waals surface area contributed by atoms with E-state index in [1.54, 1.807) is 23.5 Å². The van der Waals surface area contributed by atoms with Crippen LogP contribution in [0.3, 0.4) is 0 Å². The summed E-state index contributed by atoms with van der Waals surface area (Å²) < 4.78 is 11.9. The first kappa shape index (κ1) is 28.4. The minimum Gasteiger partial charge on any atom is -0.422 e. The predicted octanol–water partition coefficient (Wildman–Crippen LogP) is 9.33. The third-order valence-corrected chi connectivity index (χ3v) is 9.24. The number of carbonyl (C=O) groups is 2. The van der Waals surface area contributed by atoms with Gasteiger partial charge in [-0.25, -0.2) is 9.59 Å². The molecule has 4 nitrogen and oxygen atoms in total. The zero-order chi connectivity index (χ0) is 29.8. The molecule has 4 aromatic rings. The highest BCUT2D eigenvalue weighted by molar-refractivity contribution is 7.99. The van der Waals surface area contributed by atoms with E-state index in [0.29, 0.717) is 22.6 Å². The Morgan fingerprint density at radius 3 is 1.19 bits per heavy atom. The molecule has 0 fully saturated rings. The highest BCUT2D eigenvalue weighted by Crippen LogP contribution is 2.52. The molecule has 0 radical (unpaired) electrons. The molecule has 4 aromatic carbocycles. The van der Waals surface area contributed by atoms with E-state index < -0.39 is 11.9 Å². The van der Waals surface area contributed by atoms with Crippen LogP contribution in [0.25, 0.3) is 11.1 Å². The SMILES string of the molecule is CC(C)(C)c1cc(Sc2ccccc2)cc2c1OC(=O)/C2=C1/C(=O)Oc2c1cc(Sc1ccccc1)cc2C(C)(C)C. The second-order valence-corrected chi connectivity index (χ2v) is 14.8. The predicted molar refractivity (Wildman–Crippen MR) is 169 cm³/mol. The van der Waals surface area contributed by atoms with E-state index in [1.165, 1.54) is 0 Å². The zero-order valence-corrected chi connectivity index (χ0v) is 26.2. The number of ether oxygens (including phenoxy) is 2.